The second kappa shape index (κ2) is 4.92. The van der Waals surface area contributed by atoms with Crippen LogP contribution in [0.3, 0.4) is 0 Å². The Bertz CT molecular complexity index is 405. The smallest absolute Gasteiger partial charge is 0.281 e. The second-order valence-electron chi connectivity index (χ2n) is 4.58. The first kappa shape index (κ1) is 12.2. The van der Waals surface area contributed by atoms with E-state index in [0.717, 1.165) is 18.6 Å². The Morgan fingerprint density at radius 1 is 1.41 bits per heavy atom. The summed E-state index contributed by atoms with van der Waals surface area (Å²) in [7, 11) is 1.55. The van der Waals surface area contributed by atoms with Crippen LogP contribution in [0.15, 0.2) is 10.5 Å². The quantitative estimate of drug-likeness (QED) is 0.759. The largest absolute Gasteiger partial charge is 0.466 e. The molecule has 0 spiro atoms. The molecule has 0 saturated heterocycles. The normalized spacial score (nSPS) is 16.4. The highest BCUT2D eigenvalue weighted by atomic mass is 16.7. The van der Waals surface area contributed by atoms with E-state index in [2.05, 4.69) is 0 Å². The van der Waals surface area contributed by atoms with Crippen LogP contribution in [-0.4, -0.2) is 24.1 Å². The molecule has 1 aromatic rings. The zero-order valence-corrected chi connectivity index (χ0v) is 10.7. The number of hydrogen-bond donors (Lipinski definition) is 0. The van der Waals surface area contributed by atoms with E-state index in [1.54, 1.807) is 13.2 Å². The molecule has 94 valence electrons. The third-order valence-corrected chi connectivity index (χ3v) is 3.32. The third kappa shape index (κ3) is 2.36. The zero-order chi connectivity index (χ0) is 12.4. The van der Waals surface area contributed by atoms with E-state index in [9.17, 15) is 4.79 Å². The lowest BCUT2D eigenvalue weighted by Gasteiger charge is -2.25. The lowest BCUT2D eigenvalue weighted by atomic mass is 10.2. The molecule has 1 heterocycles. The number of amides is 1. The van der Waals surface area contributed by atoms with E-state index >= 15 is 0 Å². The number of carbonyl (C=O) groups excluding carboxylic acids is 1. The van der Waals surface area contributed by atoms with Crippen molar-refractivity contribution in [1.29, 1.82) is 0 Å². The highest BCUT2D eigenvalue weighted by molar-refractivity contribution is 5.94. The number of hydroxylamine groups is 2. The van der Waals surface area contributed by atoms with Gasteiger partial charge < -0.3 is 4.42 Å². The van der Waals surface area contributed by atoms with Crippen molar-refractivity contribution in [3.05, 3.63) is 23.2 Å². The molecule has 4 heteroatoms. The van der Waals surface area contributed by atoms with Crippen LogP contribution in [0.1, 0.15) is 47.6 Å². The molecular weight excluding hydrogens is 218 g/mol. The zero-order valence-electron chi connectivity index (χ0n) is 10.7. The summed E-state index contributed by atoms with van der Waals surface area (Å²) in [4.78, 5) is 17.6. The molecule has 0 atom stereocenters. The molecule has 0 radical (unpaired) electrons. The van der Waals surface area contributed by atoms with Gasteiger partial charge >= 0.3 is 0 Å². The van der Waals surface area contributed by atoms with Crippen LogP contribution >= 0.6 is 0 Å². The molecular formula is C13H19NO3. The summed E-state index contributed by atoms with van der Waals surface area (Å²) in [6.45, 7) is 3.65. The Morgan fingerprint density at radius 3 is 2.53 bits per heavy atom. The Morgan fingerprint density at radius 2 is 2.06 bits per heavy atom. The Balaban J connectivity index is 2.19. The van der Waals surface area contributed by atoms with Crippen LogP contribution in [0, 0.1) is 13.8 Å². The minimum Gasteiger partial charge on any atom is -0.466 e. The molecule has 4 nitrogen and oxygen atoms in total. The summed E-state index contributed by atoms with van der Waals surface area (Å²) in [5.41, 5.74) is 0.608. The molecule has 0 N–H and O–H groups in total. The van der Waals surface area contributed by atoms with Crippen molar-refractivity contribution in [3.8, 4) is 0 Å². The number of hydrogen-bond acceptors (Lipinski definition) is 3. The number of aryl methyl sites for hydroxylation is 2. The molecule has 1 fully saturated rings. The first-order valence-electron chi connectivity index (χ1n) is 6.08. The number of rotatable bonds is 3. The highest BCUT2D eigenvalue weighted by Gasteiger charge is 2.29. The monoisotopic (exact) mass is 237 g/mol. The van der Waals surface area contributed by atoms with Gasteiger partial charge in [0.25, 0.3) is 5.91 Å². The first-order chi connectivity index (χ1) is 8.13. The van der Waals surface area contributed by atoms with Gasteiger partial charge in [-0.15, -0.1) is 0 Å². The average molecular weight is 237 g/mol. The molecule has 1 aromatic heterocycles. The van der Waals surface area contributed by atoms with Crippen molar-refractivity contribution in [1.82, 2.24) is 5.06 Å². The van der Waals surface area contributed by atoms with Gasteiger partial charge in [-0.25, -0.2) is 5.06 Å². The van der Waals surface area contributed by atoms with Crippen molar-refractivity contribution in [2.45, 2.75) is 45.6 Å². The van der Waals surface area contributed by atoms with Crippen LogP contribution in [0.25, 0.3) is 0 Å². The maximum absolute atomic E-state index is 12.3. The summed E-state index contributed by atoms with van der Waals surface area (Å²) in [6, 6.07) is 1.99. The van der Waals surface area contributed by atoms with Crippen molar-refractivity contribution in [3.63, 3.8) is 0 Å². The first-order valence-corrected chi connectivity index (χ1v) is 6.08. The lowest BCUT2D eigenvalue weighted by molar-refractivity contribution is -0.121. The topological polar surface area (TPSA) is 42.7 Å². The number of carbonyl (C=O) groups is 1. The lowest BCUT2D eigenvalue weighted by Crippen LogP contribution is -2.38. The van der Waals surface area contributed by atoms with Gasteiger partial charge in [0.05, 0.1) is 18.7 Å². The van der Waals surface area contributed by atoms with E-state index in [1.807, 2.05) is 13.8 Å². The fourth-order valence-corrected chi connectivity index (χ4v) is 2.50. The fourth-order valence-electron chi connectivity index (χ4n) is 2.50. The Kier molecular flexibility index (Phi) is 3.52. The van der Waals surface area contributed by atoms with Gasteiger partial charge in [0.2, 0.25) is 0 Å². The predicted molar refractivity (Wildman–Crippen MR) is 63.6 cm³/mol. The van der Waals surface area contributed by atoms with Gasteiger partial charge in [0, 0.05) is 0 Å². The maximum atomic E-state index is 12.3. The van der Waals surface area contributed by atoms with Gasteiger partial charge in [-0.1, -0.05) is 12.8 Å². The van der Waals surface area contributed by atoms with Crippen molar-refractivity contribution >= 4 is 5.91 Å². The Hall–Kier alpha value is -1.29. The fraction of sp³-hybridized carbons (Fsp3) is 0.615. The van der Waals surface area contributed by atoms with E-state index in [1.165, 1.54) is 17.9 Å². The third-order valence-electron chi connectivity index (χ3n) is 3.32. The standard InChI is InChI=1S/C13H19NO3/c1-9-8-12(10(2)17-9)13(15)14(16-3)11-6-4-5-7-11/h8,11H,4-7H2,1-3H3. The number of nitrogens with zero attached hydrogens (tertiary/aromatic N) is 1. The summed E-state index contributed by atoms with van der Waals surface area (Å²) >= 11 is 0. The summed E-state index contributed by atoms with van der Waals surface area (Å²) < 4.78 is 5.39. The highest BCUT2D eigenvalue weighted by Crippen LogP contribution is 2.26. The summed E-state index contributed by atoms with van der Waals surface area (Å²) in [5.74, 6) is 1.33. The molecule has 1 amide bonds. The molecule has 1 saturated carbocycles. The van der Waals surface area contributed by atoms with E-state index in [0.29, 0.717) is 11.3 Å². The second-order valence-corrected chi connectivity index (χ2v) is 4.58. The van der Waals surface area contributed by atoms with E-state index in [4.69, 9.17) is 9.25 Å². The van der Waals surface area contributed by atoms with Crippen LogP contribution in [0.2, 0.25) is 0 Å². The number of furan rings is 1. The summed E-state index contributed by atoms with van der Waals surface area (Å²) in [6.07, 6.45) is 4.38. The van der Waals surface area contributed by atoms with Crippen LogP contribution < -0.4 is 0 Å². The van der Waals surface area contributed by atoms with E-state index < -0.39 is 0 Å². The molecule has 1 aliphatic carbocycles. The maximum Gasteiger partial charge on any atom is 0.281 e. The minimum atomic E-state index is -0.0891. The van der Waals surface area contributed by atoms with Crippen LogP contribution in [0.4, 0.5) is 0 Å². The summed E-state index contributed by atoms with van der Waals surface area (Å²) in [5, 5.41) is 1.50. The molecule has 0 aromatic carbocycles. The average Bonchev–Trinajstić information content (AvgIpc) is 2.89. The molecule has 0 unspecified atom stereocenters. The van der Waals surface area contributed by atoms with Gasteiger partial charge in [-0.2, -0.15) is 0 Å². The van der Waals surface area contributed by atoms with Gasteiger partial charge in [0.1, 0.15) is 11.5 Å². The van der Waals surface area contributed by atoms with Gasteiger partial charge in [-0.3, -0.25) is 9.63 Å². The molecule has 0 aliphatic heterocycles. The van der Waals surface area contributed by atoms with Crippen LogP contribution in [0.5, 0.6) is 0 Å². The van der Waals surface area contributed by atoms with Crippen molar-refractivity contribution in [2.75, 3.05) is 7.11 Å². The van der Waals surface area contributed by atoms with Crippen molar-refractivity contribution < 1.29 is 14.0 Å². The molecule has 0 bridgehead atoms. The van der Waals surface area contributed by atoms with Gasteiger partial charge in [-0.05, 0) is 32.8 Å². The van der Waals surface area contributed by atoms with Crippen molar-refractivity contribution in [2.24, 2.45) is 0 Å². The minimum absolute atomic E-state index is 0.0891. The molecule has 2 rings (SSSR count). The predicted octanol–water partition coefficient (Wildman–Crippen LogP) is 2.84. The SMILES string of the molecule is CON(C(=O)c1cc(C)oc1C)C1CCCC1. The Labute approximate surface area is 101 Å². The molecule has 17 heavy (non-hydrogen) atoms. The molecule has 1 aliphatic rings. The van der Waals surface area contributed by atoms with Crippen LogP contribution in [-0.2, 0) is 4.84 Å². The van der Waals surface area contributed by atoms with E-state index in [-0.39, 0.29) is 11.9 Å². The van der Waals surface area contributed by atoms with Gasteiger partial charge in [0.15, 0.2) is 0 Å².